The maximum Gasteiger partial charge on any atom is 0.0464 e. The molecule has 0 fully saturated rings. The Hall–Kier alpha value is -0.680. The van der Waals surface area contributed by atoms with Crippen LogP contribution in [0.4, 0.5) is 0 Å². The van der Waals surface area contributed by atoms with Crippen LogP contribution in [0.5, 0.6) is 0 Å². The van der Waals surface area contributed by atoms with Gasteiger partial charge in [-0.1, -0.05) is 19.1 Å². The van der Waals surface area contributed by atoms with Gasteiger partial charge in [-0.2, -0.15) is 0 Å². The van der Waals surface area contributed by atoms with Gasteiger partial charge in [0.1, 0.15) is 0 Å². The number of rotatable bonds is 9. The fourth-order valence-corrected chi connectivity index (χ4v) is 3.89. The van der Waals surface area contributed by atoms with E-state index in [2.05, 4.69) is 66.1 Å². The van der Waals surface area contributed by atoms with Crippen LogP contribution < -0.4 is 5.32 Å². The fourth-order valence-electron chi connectivity index (χ4n) is 2.34. The minimum atomic E-state index is 0.439. The van der Waals surface area contributed by atoms with Gasteiger partial charge in [0.05, 0.1) is 0 Å². The van der Waals surface area contributed by atoms with Gasteiger partial charge in [-0.25, -0.2) is 0 Å². The largest absolute Gasteiger partial charge is 0.308 e. The van der Waals surface area contributed by atoms with E-state index in [0.29, 0.717) is 12.1 Å². The Balaban J connectivity index is 1.88. The Morgan fingerprint density at radius 3 is 2.57 bits per heavy atom. The monoisotopic (exact) mass is 322 g/mol. The van der Waals surface area contributed by atoms with Crippen LogP contribution in [0.25, 0.3) is 0 Å². The van der Waals surface area contributed by atoms with Gasteiger partial charge in [-0.05, 0) is 43.3 Å². The molecular formula is C17H26N2S2. The molecule has 0 aliphatic carbocycles. The quantitative estimate of drug-likeness (QED) is 0.735. The summed E-state index contributed by atoms with van der Waals surface area (Å²) in [5, 5.41) is 8.08. The predicted molar refractivity (Wildman–Crippen MR) is 95.5 cm³/mol. The average molecular weight is 323 g/mol. The number of thiophene rings is 2. The van der Waals surface area contributed by atoms with Crippen LogP contribution in [-0.2, 0) is 6.42 Å². The van der Waals surface area contributed by atoms with Gasteiger partial charge >= 0.3 is 0 Å². The molecule has 1 N–H and O–H groups in total. The molecule has 2 rings (SSSR count). The van der Waals surface area contributed by atoms with Crippen molar-refractivity contribution in [2.45, 2.75) is 38.8 Å². The molecule has 0 aromatic carbocycles. The summed E-state index contributed by atoms with van der Waals surface area (Å²) < 4.78 is 0. The Bertz CT molecular complexity index is 479. The molecule has 0 spiro atoms. The normalized spacial score (nSPS) is 14.5. The molecule has 2 atom stereocenters. The molecular weight excluding hydrogens is 296 g/mol. The lowest BCUT2D eigenvalue weighted by molar-refractivity contribution is 0.248. The topological polar surface area (TPSA) is 15.3 Å². The van der Waals surface area contributed by atoms with E-state index in [9.17, 15) is 0 Å². The molecule has 0 saturated heterocycles. The third-order valence-corrected chi connectivity index (χ3v) is 5.96. The Morgan fingerprint density at radius 1 is 1.19 bits per heavy atom. The second kappa shape index (κ2) is 8.69. The Kier molecular flexibility index (Phi) is 6.90. The van der Waals surface area contributed by atoms with Crippen molar-refractivity contribution in [1.29, 1.82) is 0 Å². The Morgan fingerprint density at radius 2 is 1.95 bits per heavy atom. The highest BCUT2D eigenvalue weighted by atomic mass is 32.1. The molecule has 2 nitrogen and oxygen atoms in total. The van der Waals surface area contributed by atoms with Crippen molar-refractivity contribution in [3.63, 3.8) is 0 Å². The summed E-state index contributed by atoms with van der Waals surface area (Å²) in [6, 6.07) is 9.86. The zero-order valence-corrected chi connectivity index (χ0v) is 14.8. The van der Waals surface area contributed by atoms with E-state index in [1.54, 1.807) is 0 Å². The summed E-state index contributed by atoms with van der Waals surface area (Å²) in [5.41, 5.74) is 0. The zero-order valence-electron chi connectivity index (χ0n) is 13.2. The molecule has 2 unspecified atom stereocenters. The fraction of sp³-hybridized carbons (Fsp3) is 0.529. The maximum absolute atomic E-state index is 3.75. The van der Waals surface area contributed by atoms with Gasteiger partial charge in [-0.3, -0.25) is 0 Å². The SMILES string of the molecule is CCC(C)N(C)CCNC(Cc1cccs1)c1cccs1. The van der Waals surface area contributed by atoms with E-state index >= 15 is 0 Å². The second-order valence-corrected chi connectivity index (χ2v) is 7.56. The second-order valence-electron chi connectivity index (χ2n) is 5.54. The van der Waals surface area contributed by atoms with Gasteiger partial charge in [0.15, 0.2) is 0 Å². The lowest BCUT2D eigenvalue weighted by atomic mass is 10.1. The third-order valence-electron chi connectivity index (χ3n) is 4.07. The van der Waals surface area contributed by atoms with Crippen LogP contribution >= 0.6 is 22.7 Å². The maximum atomic E-state index is 3.75. The molecule has 2 aromatic rings. The number of hydrogen-bond acceptors (Lipinski definition) is 4. The van der Waals surface area contributed by atoms with Crippen molar-refractivity contribution in [2.24, 2.45) is 0 Å². The Labute approximate surface area is 136 Å². The molecule has 2 aromatic heterocycles. The number of hydrogen-bond donors (Lipinski definition) is 1. The molecule has 116 valence electrons. The number of likely N-dealkylation sites (N-methyl/N-ethyl adjacent to an activating group) is 1. The molecule has 4 heteroatoms. The van der Waals surface area contributed by atoms with E-state index in [1.807, 2.05) is 22.7 Å². The predicted octanol–water partition coefficient (Wildman–Crippen LogP) is 4.41. The van der Waals surface area contributed by atoms with Crippen LogP contribution in [0.1, 0.15) is 36.1 Å². The van der Waals surface area contributed by atoms with E-state index in [1.165, 1.54) is 16.2 Å². The number of nitrogens with zero attached hydrogens (tertiary/aromatic N) is 1. The standard InChI is InChI=1S/C17H26N2S2/c1-4-14(2)19(3)10-9-18-16(17-8-6-12-21-17)13-15-7-5-11-20-15/h5-8,11-12,14,16,18H,4,9-10,13H2,1-3H3. The highest BCUT2D eigenvalue weighted by Crippen LogP contribution is 2.24. The lowest BCUT2D eigenvalue weighted by Gasteiger charge is -2.25. The molecule has 0 amide bonds. The minimum absolute atomic E-state index is 0.439. The van der Waals surface area contributed by atoms with Crippen molar-refractivity contribution < 1.29 is 0 Å². The minimum Gasteiger partial charge on any atom is -0.308 e. The van der Waals surface area contributed by atoms with E-state index < -0.39 is 0 Å². The lowest BCUT2D eigenvalue weighted by Crippen LogP contribution is -2.36. The molecule has 0 saturated carbocycles. The first kappa shape index (κ1) is 16.7. The van der Waals surface area contributed by atoms with Gasteiger partial charge in [0.2, 0.25) is 0 Å². The first-order valence-corrected chi connectivity index (χ1v) is 9.46. The first-order chi connectivity index (χ1) is 10.2. The van der Waals surface area contributed by atoms with Crippen LogP contribution in [-0.4, -0.2) is 31.1 Å². The van der Waals surface area contributed by atoms with Gasteiger partial charge in [0.25, 0.3) is 0 Å². The van der Waals surface area contributed by atoms with Crippen molar-refractivity contribution in [1.82, 2.24) is 10.2 Å². The van der Waals surface area contributed by atoms with Crippen molar-refractivity contribution in [3.8, 4) is 0 Å². The summed E-state index contributed by atoms with van der Waals surface area (Å²) in [6.45, 7) is 6.68. The third kappa shape index (κ3) is 5.22. The molecule has 0 aliphatic rings. The van der Waals surface area contributed by atoms with Crippen LogP contribution in [0.3, 0.4) is 0 Å². The summed E-state index contributed by atoms with van der Waals surface area (Å²) >= 11 is 3.70. The van der Waals surface area contributed by atoms with Gasteiger partial charge in [-0.15, -0.1) is 22.7 Å². The highest BCUT2D eigenvalue weighted by molar-refractivity contribution is 7.10. The molecule has 0 radical (unpaired) electrons. The molecule has 0 bridgehead atoms. The smallest absolute Gasteiger partial charge is 0.0464 e. The number of nitrogens with one attached hydrogen (secondary N) is 1. The molecule has 0 aliphatic heterocycles. The summed E-state index contributed by atoms with van der Waals surface area (Å²) in [7, 11) is 2.22. The van der Waals surface area contributed by atoms with E-state index in [-0.39, 0.29) is 0 Å². The summed E-state index contributed by atoms with van der Waals surface area (Å²) in [4.78, 5) is 5.33. The van der Waals surface area contributed by atoms with E-state index in [0.717, 1.165) is 19.5 Å². The molecule has 21 heavy (non-hydrogen) atoms. The van der Waals surface area contributed by atoms with Crippen molar-refractivity contribution in [3.05, 3.63) is 44.8 Å². The summed E-state index contributed by atoms with van der Waals surface area (Å²) in [6.07, 6.45) is 2.30. The van der Waals surface area contributed by atoms with Crippen molar-refractivity contribution >= 4 is 22.7 Å². The van der Waals surface area contributed by atoms with Crippen LogP contribution in [0, 0.1) is 0 Å². The van der Waals surface area contributed by atoms with Crippen molar-refractivity contribution in [2.75, 3.05) is 20.1 Å². The van der Waals surface area contributed by atoms with Gasteiger partial charge in [0, 0.05) is 41.3 Å². The van der Waals surface area contributed by atoms with Crippen LogP contribution in [0.15, 0.2) is 35.0 Å². The summed E-state index contributed by atoms with van der Waals surface area (Å²) in [5.74, 6) is 0. The molecule has 2 heterocycles. The van der Waals surface area contributed by atoms with Gasteiger partial charge < -0.3 is 10.2 Å². The van der Waals surface area contributed by atoms with Crippen LogP contribution in [0.2, 0.25) is 0 Å². The zero-order chi connectivity index (χ0) is 15.1. The highest BCUT2D eigenvalue weighted by Gasteiger charge is 2.14. The average Bonchev–Trinajstić information content (AvgIpc) is 3.18. The van der Waals surface area contributed by atoms with E-state index in [4.69, 9.17) is 0 Å². The first-order valence-electron chi connectivity index (χ1n) is 7.70.